The molecule has 2 atom stereocenters. The Morgan fingerprint density at radius 1 is 1.12 bits per heavy atom. The molecule has 0 amide bonds. The summed E-state index contributed by atoms with van der Waals surface area (Å²) in [6.07, 6.45) is 5.17. The maximum absolute atomic E-state index is 5.42. The highest BCUT2D eigenvalue weighted by molar-refractivity contribution is 4.81. The van der Waals surface area contributed by atoms with Crippen LogP contribution in [-0.4, -0.2) is 49.3 Å². The van der Waals surface area contributed by atoms with Crippen LogP contribution in [0.1, 0.15) is 39.5 Å². The first-order valence-corrected chi connectivity index (χ1v) is 6.83. The second-order valence-electron chi connectivity index (χ2n) is 5.48. The summed E-state index contributed by atoms with van der Waals surface area (Å²) in [4.78, 5) is 2.60. The van der Waals surface area contributed by atoms with Gasteiger partial charge in [-0.05, 0) is 52.6 Å². The van der Waals surface area contributed by atoms with Crippen LogP contribution < -0.4 is 5.32 Å². The van der Waals surface area contributed by atoms with E-state index in [1.807, 2.05) is 0 Å². The molecule has 0 aliphatic carbocycles. The monoisotopic (exact) mass is 226 g/mol. The van der Waals surface area contributed by atoms with Gasteiger partial charge in [0.25, 0.3) is 0 Å². The van der Waals surface area contributed by atoms with Gasteiger partial charge in [0.15, 0.2) is 0 Å². The van der Waals surface area contributed by atoms with E-state index >= 15 is 0 Å². The third kappa shape index (κ3) is 3.44. The van der Waals surface area contributed by atoms with Gasteiger partial charge in [-0.1, -0.05) is 0 Å². The average molecular weight is 226 g/mol. The number of nitrogens with zero attached hydrogens (tertiary/aromatic N) is 1. The van der Waals surface area contributed by atoms with E-state index < -0.39 is 0 Å². The summed E-state index contributed by atoms with van der Waals surface area (Å²) in [5, 5.41) is 3.77. The molecule has 2 fully saturated rings. The zero-order chi connectivity index (χ0) is 11.4. The Balaban J connectivity index is 1.74. The third-order valence-corrected chi connectivity index (χ3v) is 3.89. The lowest BCUT2D eigenvalue weighted by molar-refractivity contribution is 0.186. The molecule has 2 unspecified atom stereocenters. The summed E-state index contributed by atoms with van der Waals surface area (Å²) in [5.41, 5.74) is 0. The fourth-order valence-electron chi connectivity index (χ4n) is 2.80. The molecule has 1 N–H and O–H groups in total. The van der Waals surface area contributed by atoms with Gasteiger partial charge in [0, 0.05) is 24.7 Å². The third-order valence-electron chi connectivity index (χ3n) is 3.89. The minimum Gasteiger partial charge on any atom is -0.380 e. The molecule has 2 heterocycles. The summed E-state index contributed by atoms with van der Waals surface area (Å²) < 4.78 is 5.42. The van der Waals surface area contributed by atoms with Crippen LogP contribution in [0.25, 0.3) is 0 Å². The van der Waals surface area contributed by atoms with Crippen LogP contribution in [0.5, 0.6) is 0 Å². The van der Waals surface area contributed by atoms with Crippen molar-refractivity contribution in [3.8, 4) is 0 Å². The van der Waals surface area contributed by atoms with E-state index in [2.05, 4.69) is 24.1 Å². The summed E-state index contributed by atoms with van der Waals surface area (Å²) in [6, 6.07) is 2.04. The second kappa shape index (κ2) is 5.99. The van der Waals surface area contributed by atoms with Crippen molar-refractivity contribution < 1.29 is 4.74 Å². The average Bonchev–Trinajstić information content (AvgIpc) is 2.63. The molecular formula is C13H26N2O. The summed E-state index contributed by atoms with van der Waals surface area (Å²) in [6.45, 7) is 9.00. The van der Waals surface area contributed by atoms with Crippen molar-refractivity contribution in [3.05, 3.63) is 0 Å². The molecule has 2 saturated heterocycles. The van der Waals surface area contributed by atoms with Crippen LogP contribution in [0.3, 0.4) is 0 Å². The van der Waals surface area contributed by atoms with Gasteiger partial charge in [-0.2, -0.15) is 0 Å². The van der Waals surface area contributed by atoms with E-state index in [1.165, 1.54) is 38.8 Å². The Labute approximate surface area is 99.5 Å². The maximum atomic E-state index is 5.42. The molecule has 3 nitrogen and oxygen atoms in total. The van der Waals surface area contributed by atoms with Gasteiger partial charge >= 0.3 is 0 Å². The maximum Gasteiger partial charge on any atom is 0.0620 e. The van der Waals surface area contributed by atoms with Crippen LogP contribution in [0.2, 0.25) is 0 Å². The predicted octanol–water partition coefficient (Wildman–Crippen LogP) is 1.63. The van der Waals surface area contributed by atoms with Crippen LogP contribution in [0.15, 0.2) is 0 Å². The van der Waals surface area contributed by atoms with E-state index in [-0.39, 0.29) is 0 Å². The van der Waals surface area contributed by atoms with Crippen LogP contribution >= 0.6 is 0 Å². The summed E-state index contributed by atoms with van der Waals surface area (Å²) >= 11 is 0. The minimum atomic E-state index is 0.621. The highest BCUT2D eigenvalue weighted by Crippen LogP contribution is 2.15. The zero-order valence-electron chi connectivity index (χ0n) is 10.7. The molecule has 0 spiro atoms. The summed E-state index contributed by atoms with van der Waals surface area (Å²) in [7, 11) is 0. The SMILES string of the molecule is CC(C)N1CCCC(NC2CCOC2)CC1. The highest BCUT2D eigenvalue weighted by atomic mass is 16.5. The fraction of sp³-hybridized carbons (Fsp3) is 1.00. The van der Waals surface area contributed by atoms with Crippen LogP contribution in [-0.2, 0) is 4.74 Å². The first-order chi connectivity index (χ1) is 7.75. The smallest absolute Gasteiger partial charge is 0.0620 e. The van der Waals surface area contributed by atoms with Crippen molar-refractivity contribution in [1.82, 2.24) is 10.2 Å². The Morgan fingerprint density at radius 2 is 2.00 bits per heavy atom. The zero-order valence-corrected chi connectivity index (χ0v) is 10.7. The standard InChI is InChI=1S/C13H26N2O/c1-11(2)15-7-3-4-12(5-8-15)14-13-6-9-16-10-13/h11-14H,3-10H2,1-2H3. The largest absolute Gasteiger partial charge is 0.380 e. The molecule has 2 rings (SSSR count). The lowest BCUT2D eigenvalue weighted by atomic mass is 10.1. The molecule has 0 saturated carbocycles. The Kier molecular flexibility index (Phi) is 4.62. The molecule has 0 aromatic rings. The first kappa shape index (κ1) is 12.3. The molecule has 16 heavy (non-hydrogen) atoms. The van der Waals surface area contributed by atoms with Gasteiger partial charge in [0.1, 0.15) is 0 Å². The number of nitrogens with one attached hydrogen (secondary N) is 1. The molecular weight excluding hydrogens is 200 g/mol. The number of hydrogen-bond donors (Lipinski definition) is 1. The normalized spacial score (nSPS) is 33.2. The van der Waals surface area contributed by atoms with Crippen molar-refractivity contribution >= 4 is 0 Å². The molecule has 0 bridgehead atoms. The Hall–Kier alpha value is -0.120. The molecule has 0 aromatic heterocycles. The Morgan fingerprint density at radius 3 is 2.69 bits per heavy atom. The van der Waals surface area contributed by atoms with Crippen molar-refractivity contribution in [1.29, 1.82) is 0 Å². The van der Waals surface area contributed by atoms with Gasteiger partial charge in [-0.15, -0.1) is 0 Å². The number of rotatable bonds is 3. The van der Waals surface area contributed by atoms with E-state index in [0.29, 0.717) is 12.1 Å². The van der Waals surface area contributed by atoms with Gasteiger partial charge in [0.2, 0.25) is 0 Å². The van der Waals surface area contributed by atoms with Gasteiger partial charge in [0.05, 0.1) is 6.61 Å². The summed E-state index contributed by atoms with van der Waals surface area (Å²) in [5.74, 6) is 0. The van der Waals surface area contributed by atoms with Gasteiger partial charge in [-0.3, -0.25) is 0 Å². The van der Waals surface area contributed by atoms with Crippen molar-refractivity contribution in [3.63, 3.8) is 0 Å². The lowest BCUT2D eigenvalue weighted by Crippen LogP contribution is -2.39. The van der Waals surface area contributed by atoms with Crippen LogP contribution in [0, 0.1) is 0 Å². The molecule has 0 aromatic carbocycles. The van der Waals surface area contributed by atoms with Crippen molar-refractivity contribution in [2.24, 2.45) is 0 Å². The Bertz CT molecular complexity index is 202. The van der Waals surface area contributed by atoms with E-state index in [9.17, 15) is 0 Å². The van der Waals surface area contributed by atoms with Gasteiger partial charge < -0.3 is 15.0 Å². The molecule has 2 aliphatic rings. The topological polar surface area (TPSA) is 24.5 Å². The van der Waals surface area contributed by atoms with Gasteiger partial charge in [-0.25, -0.2) is 0 Å². The molecule has 0 radical (unpaired) electrons. The molecule has 2 aliphatic heterocycles. The van der Waals surface area contributed by atoms with E-state index in [1.54, 1.807) is 0 Å². The second-order valence-corrected chi connectivity index (χ2v) is 5.48. The number of hydrogen-bond acceptors (Lipinski definition) is 3. The van der Waals surface area contributed by atoms with E-state index in [0.717, 1.165) is 19.3 Å². The van der Waals surface area contributed by atoms with Crippen molar-refractivity contribution in [2.45, 2.75) is 57.7 Å². The van der Waals surface area contributed by atoms with Crippen molar-refractivity contribution in [2.75, 3.05) is 26.3 Å². The predicted molar refractivity (Wildman–Crippen MR) is 66.7 cm³/mol. The van der Waals surface area contributed by atoms with Crippen LogP contribution in [0.4, 0.5) is 0 Å². The van der Waals surface area contributed by atoms with E-state index in [4.69, 9.17) is 4.74 Å². The number of ether oxygens (including phenoxy) is 1. The first-order valence-electron chi connectivity index (χ1n) is 6.83. The lowest BCUT2D eigenvalue weighted by Gasteiger charge is -2.25. The minimum absolute atomic E-state index is 0.621. The molecule has 3 heteroatoms. The molecule has 94 valence electrons. The quantitative estimate of drug-likeness (QED) is 0.791. The highest BCUT2D eigenvalue weighted by Gasteiger charge is 2.22. The number of likely N-dealkylation sites (tertiary alicyclic amines) is 1. The fourth-order valence-corrected chi connectivity index (χ4v) is 2.80.